The monoisotopic (exact) mass is 295 g/mol. The topological polar surface area (TPSA) is 45.7 Å². The fourth-order valence-electron chi connectivity index (χ4n) is 2.85. The molecule has 20 heavy (non-hydrogen) atoms. The Morgan fingerprint density at radius 2 is 2.15 bits per heavy atom. The van der Waals surface area contributed by atoms with Crippen LogP contribution in [-0.2, 0) is 4.74 Å². The van der Waals surface area contributed by atoms with E-state index >= 15 is 0 Å². The number of amides is 1. The van der Waals surface area contributed by atoms with Gasteiger partial charge in [-0.1, -0.05) is 11.6 Å². The molecule has 5 nitrogen and oxygen atoms in total. The maximum atomic E-state index is 12.4. The third kappa shape index (κ3) is 2.95. The Hall–Kier alpha value is -1.17. The Morgan fingerprint density at radius 3 is 2.90 bits per heavy atom. The van der Waals surface area contributed by atoms with Crippen molar-refractivity contribution in [2.24, 2.45) is 0 Å². The van der Waals surface area contributed by atoms with E-state index in [0.717, 1.165) is 45.8 Å². The first-order valence-electron chi connectivity index (χ1n) is 6.96. The second-order valence-electron chi connectivity index (χ2n) is 5.20. The van der Waals surface area contributed by atoms with E-state index in [9.17, 15) is 4.79 Å². The van der Waals surface area contributed by atoms with E-state index in [1.807, 2.05) is 4.90 Å². The van der Waals surface area contributed by atoms with Gasteiger partial charge in [-0.2, -0.15) is 0 Å². The number of ether oxygens (including phenoxy) is 1. The van der Waals surface area contributed by atoms with E-state index in [2.05, 4.69) is 9.88 Å². The van der Waals surface area contributed by atoms with Crippen LogP contribution in [0.1, 0.15) is 16.9 Å². The first kappa shape index (κ1) is 13.8. The Labute approximate surface area is 123 Å². The van der Waals surface area contributed by atoms with Crippen LogP contribution < -0.4 is 0 Å². The summed E-state index contributed by atoms with van der Waals surface area (Å²) in [5, 5.41) is 0.548. The Morgan fingerprint density at radius 1 is 1.35 bits per heavy atom. The number of nitrogens with zero attached hydrogens (tertiary/aromatic N) is 3. The summed E-state index contributed by atoms with van der Waals surface area (Å²) in [6.07, 6.45) is 2.59. The van der Waals surface area contributed by atoms with Crippen molar-refractivity contribution in [3.63, 3.8) is 0 Å². The van der Waals surface area contributed by atoms with Crippen molar-refractivity contribution in [1.82, 2.24) is 14.8 Å². The molecule has 1 aromatic rings. The van der Waals surface area contributed by atoms with Gasteiger partial charge < -0.3 is 9.64 Å². The average molecular weight is 296 g/mol. The number of morpholine rings is 1. The summed E-state index contributed by atoms with van der Waals surface area (Å²) in [5.74, 6) is -0.0248. The quantitative estimate of drug-likeness (QED) is 0.825. The number of halogens is 1. The summed E-state index contributed by atoms with van der Waals surface area (Å²) < 4.78 is 5.37. The number of hydrogen-bond donors (Lipinski definition) is 0. The molecule has 2 fully saturated rings. The highest BCUT2D eigenvalue weighted by molar-refractivity contribution is 6.30. The fraction of sp³-hybridized carbons (Fsp3) is 0.571. The van der Waals surface area contributed by atoms with Crippen molar-refractivity contribution >= 4 is 17.5 Å². The van der Waals surface area contributed by atoms with Crippen molar-refractivity contribution in [1.29, 1.82) is 0 Å². The largest absolute Gasteiger partial charge is 0.379 e. The molecular formula is C14H18ClN3O2. The first-order valence-corrected chi connectivity index (χ1v) is 7.34. The van der Waals surface area contributed by atoms with Gasteiger partial charge in [-0.15, -0.1) is 0 Å². The van der Waals surface area contributed by atoms with Crippen molar-refractivity contribution in [3.8, 4) is 0 Å². The molecule has 6 heteroatoms. The van der Waals surface area contributed by atoms with Crippen LogP contribution in [0.5, 0.6) is 0 Å². The van der Waals surface area contributed by atoms with E-state index in [-0.39, 0.29) is 5.91 Å². The lowest BCUT2D eigenvalue weighted by atomic mass is 10.2. The van der Waals surface area contributed by atoms with Crippen molar-refractivity contribution in [2.75, 3.05) is 39.4 Å². The van der Waals surface area contributed by atoms with Gasteiger partial charge in [0.05, 0.1) is 13.2 Å². The molecular weight excluding hydrogens is 278 g/mol. The van der Waals surface area contributed by atoms with E-state index in [1.54, 1.807) is 18.3 Å². The maximum absolute atomic E-state index is 12.4. The van der Waals surface area contributed by atoms with Gasteiger partial charge in [0, 0.05) is 43.4 Å². The molecule has 0 saturated carbocycles. The van der Waals surface area contributed by atoms with Crippen LogP contribution in [0.2, 0.25) is 5.02 Å². The van der Waals surface area contributed by atoms with Crippen LogP contribution in [-0.4, -0.2) is 66.1 Å². The lowest BCUT2D eigenvalue weighted by Gasteiger charge is -2.32. The first-order chi connectivity index (χ1) is 9.74. The number of carbonyl (C=O) groups excluding carboxylic acids is 1. The SMILES string of the molecule is O=C(c1cc(Cl)ccn1)N1CCC(N2CCOCC2)C1. The lowest BCUT2D eigenvalue weighted by Crippen LogP contribution is -2.45. The normalized spacial score (nSPS) is 24.1. The Kier molecular flexibility index (Phi) is 4.19. The predicted molar refractivity (Wildman–Crippen MR) is 75.9 cm³/mol. The second kappa shape index (κ2) is 6.08. The smallest absolute Gasteiger partial charge is 0.272 e. The molecule has 0 spiro atoms. The summed E-state index contributed by atoms with van der Waals surface area (Å²) >= 11 is 5.91. The van der Waals surface area contributed by atoms with E-state index < -0.39 is 0 Å². The maximum Gasteiger partial charge on any atom is 0.272 e. The number of carbonyl (C=O) groups is 1. The zero-order valence-electron chi connectivity index (χ0n) is 11.3. The van der Waals surface area contributed by atoms with Crippen molar-refractivity contribution < 1.29 is 9.53 Å². The Balaban J connectivity index is 1.63. The van der Waals surface area contributed by atoms with Crippen molar-refractivity contribution in [3.05, 3.63) is 29.0 Å². The molecule has 0 bridgehead atoms. The minimum absolute atomic E-state index is 0.0248. The average Bonchev–Trinajstić information content (AvgIpc) is 2.97. The van der Waals surface area contributed by atoms with Crippen LogP contribution in [0.3, 0.4) is 0 Å². The minimum atomic E-state index is -0.0248. The molecule has 0 radical (unpaired) electrons. The molecule has 1 aromatic heterocycles. The summed E-state index contributed by atoms with van der Waals surface area (Å²) in [4.78, 5) is 20.8. The van der Waals surface area contributed by atoms with Crippen LogP contribution >= 0.6 is 11.6 Å². The molecule has 0 N–H and O–H groups in total. The fourth-order valence-corrected chi connectivity index (χ4v) is 3.01. The zero-order valence-corrected chi connectivity index (χ0v) is 12.1. The van der Waals surface area contributed by atoms with E-state index in [1.165, 1.54) is 0 Å². The zero-order chi connectivity index (χ0) is 13.9. The van der Waals surface area contributed by atoms with E-state index in [0.29, 0.717) is 16.8 Å². The number of aromatic nitrogens is 1. The van der Waals surface area contributed by atoms with Gasteiger partial charge in [0.25, 0.3) is 5.91 Å². The van der Waals surface area contributed by atoms with Gasteiger partial charge in [0.15, 0.2) is 0 Å². The van der Waals surface area contributed by atoms with Gasteiger partial charge in [0.1, 0.15) is 5.69 Å². The van der Waals surface area contributed by atoms with Crippen LogP contribution in [0.25, 0.3) is 0 Å². The highest BCUT2D eigenvalue weighted by Gasteiger charge is 2.31. The number of hydrogen-bond acceptors (Lipinski definition) is 4. The summed E-state index contributed by atoms with van der Waals surface area (Å²) in [6.45, 7) is 5.06. The molecule has 0 aromatic carbocycles. The molecule has 1 atom stereocenters. The molecule has 2 saturated heterocycles. The van der Waals surface area contributed by atoms with E-state index in [4.69, 9.17) is 16.3 Å². The van der Waals surface area contributed by atoms with Gasteiger partial charge in [0.2, 0.25) is 0 Å². The molecule has 3 rings (SSSR count). The van der Waals surface area contributed by atoms with Crippen molar-refractivity contribution in [2.45, 2.75) is 12.5 Å². The number of rotatable bonds is 2. The molecule has 1 amide bonds. The predicted octanol–water partition coefficient (Wildman–Crippen LogP) is 1.28. The number of likely N-dealkylation sites (tertiary alicyclic amines) is 1. The van der Waals surface area contributed by atoms with Gasteiger partial charge in [-0.3, -0.25) is 14.7 Å². The third-order valence-corrected chi connectivity index (χ3v) is 4.19. The summed E-state index contributed by atoms with van der Waals surface area (Å²) in [6, 6.07) is 3.76. The molecule has 108 valence electrons. The lowest BCUT2D eigenvalue weighted by molar-refractivity contribution is 0.0185. The van der Waals surface area contributed by atoms with Gasteiger partial charge in [-0.25, -0.2) is 0 Å². The molecule has 2 aliphatic heterocycles. The molecule has 3 heterocycles. The molecule has 0 aliphatic carbocycles. The molecule has 2 aliphatic rings. The molecule has 1 unspecified atom stereocenters. The summed E-state index contributed by atoms with van der Waals surface area (Å²) in [7, 11) is 0. The van der Waals surface area contributed by atoms with Gasteiger partial charge >= 0.3 is 0 Å². The summed E-state index contributed by atoms with van der Waals surface area (Å²) in [5.41, 5.74) is 0.431. The Bertz CT molecular complexity index is 491. The highest BCUT2D eigenvalue weighted by Crippen LogP contribution is 2.19. The van der Waals surface area contributed by atoms with Crippen LogP contribution in [0.15, 0.2) is 18.3 Å². The van der Waals surface area contributed by atoms with Crippen LogP contribution in [0, 0.1) is 0 Å². The highest BCUT2D eigenvalue weighted by atomic mass is 35.5. The second-order valence-corrected chi connectivity index (χ2v) is 5.64. The third-order valence-electron chi connectivity index (χ3n) is 3.95. The minimum Gasteiger partial charge on any atom is -0.379 e. The number of pyridine rings is 1. The van der Waals surface area contributed by atoms with Crippen LogP contribution in [0.4, 0.5) is 0 Å². The van der Waals surface area contributed by atoms with Gasteiger partial charge in [-0.05, 0) is 18.6 Å². The standard InChI is InChI=1S/C14H18ClN3O2/c15-11-1-3-16-13(9-11)14(19)18-4-2-12(10-18)17-5-7-20-8-6-17/h1,3,9,12H,2,4-8,10H2.